The number of benzene rings is 1. The first kappa shape index (κ1) is 16.2. The summed E-state index contributed by atoms with van der Waals surface area (Å²) in [5.74, 6) is 0.0376. The Morgan fingerprint density at radius 1 is 1.33 bits per heavy atom. The van der Waals surface area contributed by atoms with Gasteiger partial charge in [0.25, 0.3) is 5.91 Å². The standard InChI is InChI=1S/C19H20N4O/c1-22(2)17-8-10-23(13-17)19(24)15-6-3-5-14(11-15)18-16(12-20)7-4-9-21-18/h3-7,9,11,17H,8,10,13H2,1-2H3/t17-/m0/s1. The molecule has 0 spiro atoms. The van der Waals surface area contributed by atoms with Crippen LogP contribution in [0, 0.1) is 11.3 Å². The van der Waals surface area contributed by atoms with E-state index in [4.69, 9.17) is 0 Å². The molecule has 24 heavy (non-hydrogen) atoms. The zero-order valence-corrected chi connectivity index (χ0v) is 13.9. The average Bonchev–Trinajstić information content (AvgIpc) is 3.11. The zero-order chi connectivity index (χ0) is 17.1. The molecule has 2 heterocycles. The Balaban J connectivity index is 1.86. The van der Waals surface area contributed by atoms with Crippen molar-refractivity contribution in [1.29, 1.82) is 5.26 Å². The Bertz CT molecular complexity index is 794. The van der Waals surface area contributed by atoms with Crippen LogP contribution in [0.4, 0.5) is 0 Å². The quantitative estimate of drug-likeness (QED) is 0.871. The molecular formula is C19H20N4O. The minimum Gasteiger partial charge on any atom is -0.337 e. The average molecular weight is 320 g/mol. The first-order valence-corrected chi connectivity index (χ1v) is 8.01. The molecule has 1 aromatic carbocycles. The Morgan fingerprint density at radius 3 is 2.88 bits per heavy atom. The summed E-state index contributed by atoms with van der Waals surface area (Å²) in [6.45, 7) is 1.53. The van der Waals surface area contributed by atoms with Gasteiger partial charge in [0.2, 0.25) is 0 Å². The molecule has 0 aliphatic carbocycles. The summed E-state index contributed by atoms with van der Waals surface area (Å²) in [4.78, 5) is 21.1. The number of hydrogen-bond donors (Lipinski definition) is 0. The normalized spacial score (nSPS) is 17.1. The second-order valence-corrected chi connectivity index (χ2v) is 6.25. The lowest BCUT2D eigenvalue weighted by atomic mass is 10.0. The molecule has 1 atom stereocenters. The van der Waals surface area contributed by atoms with Crippen molar-refractivity contribution in [3.05, 3.63) is 53.7 Å². The van der Waals surface area contributed by atoms with Crippen LogP contribution in [0.25, 0.3) is 11.3 Å². The highest BCUT2D eigenvalue weighted by atomic mass is 16.2. The van der Waals surface area contributed by atoms with Gasteiger partial charge in [-0.3, -0.25) is 9.78 Å². The molecule has 5 nitrogen and oxygen atoms in total. The van der Waals surface area contributed by atoms with Crippen molar-refractivity contribution in [2.24, 2.45) is 0 Å². The predicted octanol–water partition coefficient (Wildman–Crippen LogP) is 2.40. The Morgan fingerprint density at radius 2 is 2.17 bits per heavy atom. The molecule has 1 aliphatic rings. The third-order valence-electron chi connectivity index (χ3n) is 4.49. The minimum absolute atomic E-state index is 0.0376. The van der Waals surface area contributed by atoms with Crippen LogP contribution in [-0.4, -0.2) is 53.9 Å². The Kier molecular flexibility index (Phi) is 4.59. The van der Waals surface area contributed by atoms with E-state index in [2.05, 4.69) is 16.0 Å². The lowest BCUT2D eigenvalue weighted by molar-refractivity contribution is 0.0783. The summed E-state index contributed by atoms with van der Waals surface area (Å²) in [7, 11) is 4.09. The van der Waals surface area contributed by atoms with Crippen LogP contribution in [-0.2, 0) is 0 Å². The van der Waals surface area contributed by atoms with E-state index < -0.39 is 0 Å². The van der Waals surface area contributed by atoms with E-state index in [1.54, 1.807) is 18.3 Å². The van der Waals surface area contributed by atoms with Crippen LogP contribution < -0.4 is 0 Å². The summed E-state index contributed by atoms with van der Waals surface area (Å²) in [5.41, 5.74) is 2.56. The van der Waals surface area contributed by atoms with Gasteiger partial charge in [-0.15, -0.1) is 0 Å². The fraction of sp³-hybridized carbons (Fsp3) is 0.316. The monoisotopic (exact) mass is 320 g/mol. The summed E-state index contributed by atoms with van der Waals surface area (Å²) in [6.07, 6.45) is 2.66. The predicted molar refractivity (Wildman–Crippen MR) is 92.4 cm³/mol. The van der Waals surface area contributed by atoms with Crippen molar-refractivity contribution in [2.75, 3.05) is 27.2 Å². The topological polar surface area (TPSA) is 60.2 Å². The SMILES string of the molecule is CN(C)[C@H]1CCN(C(=O)c2cccc(-c3ncccc3C#N)c2)C1. The smallest absolute Gasteiger partial charge is 0.253 e. The third kappa shape index (κ3) is 3.15. The van der Waals surface area contributed by atoms with Gasteiger partial charge in [-0.05, 0) is 44.8 Å². The number of likely N-dealkylation sites (N-methyl/N-ethyl adjacent to an activating group) is 1. The van der Waals surface area contributed by atoms with Gasteiger partial charge in [0.15, 0.2) is 0 Å². The van der Waals surface area contributed by atoms with Crippen LogP contribution in [0.2, 0.25) is 0 Å². The lowest BCUT2D eigenvalue weighted by Gasteiger charge is -2.20. The molecule has 3 rings (SSSR count). The fourth-order valence-electron chi connectivity index (χ4n) is 3.06. The van der Waals surface area contributed by atoms with Gasteiger partial charge >= 0.3 is 0 Å². The molecular weight excluding hydrogens is 300 g/mol. The third-order valence-corrected chi connectivity index (χ3v) is 4.49. The summed E-state index contributed by atoms with van der Waals surface area (Å²) >= 11 is 0. The minimum atomic E-state index is 0.0376. The molecule has 2 aromatic rings. The lowest BCUT2D eigenvalue weighted by Crippen LogP contribution is -2.34. The van der Waals surface area contributed by atoms with Crippen LogP contribution >= 0.6 is 0 Å². The highest BCUT2D eigenvalue weighted by molar-refractivity contribution is 5.95. The number of carbonyl (C=O) groups is 1. The first-order chi connectivity index (χ1) is 11.6. The summed E-state index contributed by atoms with van der Waals surface area (Å²) in [6, 6.07) is 13.4. The number of hydrogen-bond acceptors (Lipinski definition) is 4. The van der Waals surface area contributed by atoms with Crippen molar-refractivity contribution in [3.8, 4) is 17.3 Å². The van der Waals surface area contributed by atoms with Crippen molar-refractivity contribution < 1.29 is 4.79 Å². The Labute approximate surface area is 142 Å². The number of aromatic nitrogens is 1. The maximum absolute atomic E-state index is 12.8. The molecule has 0 radical (unpaired) electrons. The van der Waals surface area contributed by atoms with E-state index in [1.165, 1.54) is 0 Å². The van der Waals surface area contributed by atoms with Gasteiger partial charge in [0.1, 0.15) is 6.07 Å². The van der Waals surface area contributed by atoms with E-state index in [0.717, 1.165) is 25.1 Å². The van der Waals surface area contributed by atoms with Gasteiger partial charge in [0.05, 0.1) is 11.3 Å². The molecule has 1 aliphatic heterocycles. The van der Waals surface area contributed by atoms with Crippen LogP contribution in [0.1, 0.15) is 22.3 Å². The van der Waals surface area contributed by atoms with Crippen molar-refractivity contribution >= 4 is 5.91 Å². The van der Waals surface area contributed by atoms with Gasteiger partial charge in [-0.2, -0.15) is 5.26 Å². The zero-order valence-electron chi connectivity index (χ0n) is 13.9. The molecule has 0 bridgehead atoms. The molecule has 1 saturated heterocycles. The van der Waals surface area contributed by atoms with Crippen molar-refractivity contribution in [3.63, 3.8) is 0 Å². The maximum atomic E-state index is 12.8. The highest BCUT2D eigenvalue weighted by Gasteiger charge is 2.28. The number of pyridine rings is 1. The maximum Gasteiger partial charge on any atom is 0.253 e. The molecule has 0 N–H and O–H groups in total. The highest BCUT2D eigenvalue weighted by Crippen LogP contribution is 2.23. The van der Waals surface area contributed by atoms with E-state index in [0.29, 0.717) is 22.9 Å². The van der Waals surface area contributed by atoms with Crippen molar-refractivity contribution in [2.45, 2.75) is 12.5 Å². The molecule has 1 fully saturated rings. The van der Waals surface area contributed by atoms with E-state index >= 15 is 0 Å². The first-order valence-electron chi connectivity index (χ1n) is 8.01. The van der Waals surface area contributed by atoms with Crippen LogP contribution in [0.15, 0.2) is 42.6 Å². The number of rotatable bonds is 3. The number of likely N-dealkylation sites (tertiary alicyclic amines) is 1. The van der Waals surface area contributed by atoms with Gasteiger partial charge in [-0.1, -0.05) is 12.1 Å². The molecule has 122 valence electrons. The molecule has 1 aromatic heterocycles. The Hall–Kier alpha value is -2.71. The van der Waals surface area contributed by atoms with Gasteiger partial charge in [-0.25, -0.2) is 0 Å². The van der Waals surface area contributed by atoms with Crippen LogP contribution in [0.3, 0.4) is 0 Å². The van der Waals surface area contributed by atoms with Gasteiger partial charge in [0, 0.05) is 36.5 Å². The second kappa shape index (κ2) is 6.81. The van der Waals surface area contributed by atoms with Crippen LogP contribution in [0.5, 0.6) is 0 Å². The number of nitrogens with zero attached hydrogens (tertiary/aromatic N) is 4. The number of amides is 1. The number of carbonyl (C=O) groups excluding carboxylic acids is 1. The largest absolute Gasteiger partial charge is 0.337 e. The molecule has 1 amide bonds. The van der Waals surface area contributed by atoms with Gasteiger partial charge < -0.3 is 9.80 Å². The van der Waals surface area contributed by atoms with E-state index in [9.17, 15) is 10.1 Å². The summed E-state index contributed by atoms with van der Waals surface area (Å²) < 4.78 is 0. The second-order valence-electron chi connectivity index (χ2n) is 6.25. The fourth-order valence-corrected chi connectivity index (χ4v) is 3.06. The molecule has 0 saturated carbocycles. The van der Waals surface area contributed by atoms with E-state index in [1.807, 2.05) is 43.3 Å². The molecule has 0 unspecified atom stereocenters. The van der Waals surface area contributed by atoms with E-state index in [-0.39, 0.29) is 5.91 Å². The summed E-state index contributed by atoms with van der Waals surface area (Å²) in [5, 5.41) is 9.24. The van der Waals surface area contributed by atoms with Crippen molar-refractivity contribution in [1.82, 2.24) is 14.8 Å². The molecule has 5 heteroatoms. The number of nitriles is 1.